The van der Waals surface area contributed by atoms with Crippen molar-refractivity contribution in [3.05, 3.63) is 54.4 Å². The average Bonchev–Trinajstić information content (AvgIpc) is 3.06. The summed E-state index contributed by atoms with van der Waals surface area (Å²) in [6, 6.07) is 13.5. The van der Waals surface area contributed by atoms with Gasteiger partial charge in [0.2, 0.25) is 5.91 Å². The SMILES string of the molecule is COc1ccc2[nH]c3c(SCC(=O)Nc4ccc(C)cc4)ncnc3c2c1. The van der Waals surface area contributed by atoms with Crippen LogP contribution in [0.4, 0.5) is 5.69 Å². The van der Waals surface area contributed by atoms with E-state index < -0.39 is 0 Å². The molecule has 0 spiro atoms. The van der Waals surface area contributed by atoms with Gasteiger partial charge in [0.25, 0.3) is 0 Å². The summed E-state index contributed by atoms with van der Waals surface area (Å²) in [4.78, 5) is 24.3. The highest BCUT2D eigenvalue weighted by molar-refractivity contribution is 8.00. The number of nitrogens with zero attached hydrogens (tertiary/aromatic N) is 2. The molecule has 2 N–H and O–H groups in total. The van der Waals surface area contributed by atoms with Crippen molar-refractivity contribution in [1.82, 2.24) is 15.0 Å². The molecule has 0 unspecified atom stereocenters. The lowest BCUT2D eigenvalue weighted by Gasteiger charge is -2.05. The van der Waals surface area contributed by atoms with Gasteiger partial charge < -0.3 is 15.0 Å². The van der Waals surface area contributed by atoms with Crippen LogP contribution in [0.1, 0.15) is 5.56 Å². The van der Waals surface area contributed by atoms with Crippen molar-refractivity contribution in [3.8, 4) is 5.75 Å². The van der Waals surface area contributed by atoms with Crippen molar-refractivity contribution in [1.29, 1.82) is 0 Å². The van der Waals surface area contributed by atoms with Crippen LogP contribution < -0.4 is 10.1 Å². The van der Waals surface area contributed by atoms with Gasteiger partial charge >= 0.3 is 0 Å². The van der Waals surface area contributed by atoms with Crippen molar-refractivity contribution in [3.63, 3.8) is 0 Å². The van der Waals surface area contributed by atoms with Crippen molar-refractivity contribution in [2.45, 2.75) is 11.9 Å². The van der Waals surface area contributed by atoms with E-state index in [-0.39, 0.29) is 11.7 Å². The quantitative estimate of drug-likeness (QED) is 0.403. The predicted octanol–water partition coefficient (Wildman–Crippen LogP) is 4.16. The summed E-state index contributed by atoms with van der Waals surface area (Å²) < 4.78 is 5.30. The summed E-state index contributed by atoms with van der Waals surface area (Å²) in [6.07, 6.45) is 1.52. The average molecular weight is 378 g/mol. The zero-order valence-electron chi connectivity index (χ0n) is 14.9. The van der Waals surface area contributed by atoms with Crippen molar-refractivity contribution in [2.75, 3.05) is 18.2 Å². The highest BCUT2D eigenvalue weighted by Gasteiger charge is 2.13. The molecular weight excluding hydrogens is 360 g/mol. The maximum absolute atomic E-state index is 12.3. The standard InChI is InChI=1S/C20H18N4O2S/c1-12-3-5-13(6-4-12)23-17(25)10-27-20-19-18(21-11-22-20)15-9-14(26-2)7-8-16(15)24-19/h3-9,11,24H,10H2,1-2H3,(H,23,25). The van der Waals surface area contributed by atoms with Gasteiger partial charge in [0.1, 0.15) is 22.6 Å². The molecule has 2 aromatic carbocycles. The number of aromatic amines is 1. The molecule has 0 radical (unpaired) electrons. The van der Waals surface area contributed by atoms with Crippen molar-refractivity contribution >= 4 is 45.3 Å². The molecule has 0 atom stereocenters. The first-order valence-electron chi connectivity index (χ1n) is 8.44. The topological polar surface area (TPSA) is 79.9 Å². The van der Waals surface area contributed by atoms with Crippen LogP contribution in [0.25, 0.3) is 21.9 Å². The minimum atomic E-state index is -0.0756. The Labute approximate surface area is 160 Å². The molecule has 0 saturated heterocycles. The third kappa shape index (κ3) is 3.59. The second-order valence-electron chi connectivity index (χ2n) is 6.14. The molecule has 0 saturated carbocycles. The first-order valence-corrected chi connectivity index (χ1v) is 9.42. The lowest BCUT2D eigenvalue weighted by atomic mass is 10.2. The van der Waals surface area contributed by atoms with Crippen LogP contribution in [0.5, 0.6) is 5.75 Å². The molecule has 4 aromatic rings. The first-order chi connectivity index (χ1) is 13.1. The van der Waals surface area contributed by atoms with E-state index in [9.17, 15) is 4.79 Å². The predicted molar refractivity (Wildman–Crippen MR) is 108 cm³/mol. The largest absolute Gasteiger partial charge is 0.497 e. The summed E-state index contributed by atoms with van der Waals surface area (Å²) in [6.45, 7) is 2.01. The Morgan fingerprint density at radius 2 is 2.00 bits per heavy atom. The molecular formula is C20H18N4O2S. The Hall–Kier alpha value is -3.06. The molecule has 0 fully saturated rings. The Bertz CT molecular complexity index is 1120. The fraction of sp³-hybridized carbons (Fsp3) is 0.150. The molecule has 2 aromatic heterocycles. The number of rotatable bonds is 5. The smallest absolute Gasteiger partial charge is 0.234 e. The van der Waals surface area contributed by atoms with Gasteiger partial charge in [-0.2, -0.15) is 0 Å². The molecule has 0 aliphatic rings. The number of benzene rings is 2. The van der Waals surface area contributed by atoms with Crippen LogP contribution in [0, 0.1) is 6.92 Å². The van der Waals surface area contributed by atoms with Gasteiger partial charge in [0.15, 0.2) is 0 Å². The third-order valence-electron chi connectivity index (χ3n) is 4.23. The number of hydrogen-bond acceptors (Lipinski definition) is 5. The second-order valence-corrected chi connectivity index (χ2v) is 7.11. The Kier molecular flexibility index (Phi) is 4.68. The van der Waals surface area contributed by atoms with E-state index in [2.05, 4.69) is 20.3 Å². The molecule has 136 valence electrons. The van der Waals surface area contributed by atoms with E-state index in [1.165, 1.54) is 18.1 Å². The number of ether oxygens (including phenoxy) is 1. The summed E-state index contributed by atoms with van der Waals surface area (Å²) in [5, 5.41) is 4.61. The number of amides is 1. The van der Waals surface area contributed by atoms with E-state index in [4.69, 9.17) is 4.74 Å². The van der Waals surface area contributed by atoms with Gasteiger partial charge in [-0.15, -0.1) is 0 Å². The second kappa shape index (κ2) is 7.28. The number of methoxy groups -OCH3 is 1. The van der Waals surface area contributed by atoms with Gasteiger partial charge in [-0.25, -0.2) is 9.97 Å². The van der Waals surface area contributed by atoms with Crippen molar-refractivity contribution < 1.29 is 9.53 Å². The molecule has 6 nitrogen and oxygen atoms in total. The van der Waals surface area contributed by atoms with Crippen LogP contribution in [-0.2, 0) is 4.79 Å². The van der Waals surface area contributed by atoms with E-state index in [0.29, 0.717) is 0 Å². The number of carbonyl (C=O) groups excluding carboxylic acids is 1. The number of aromatic nitrogens is 3. The van der Waals surface area contributed by atoms with Gasteiger partial charge in [0, 0.05) is 16.6 Å². The summed E-state index contributed by atoms with van der Waals surface area (Å²) >= 11 is 1.38. The number of nitrogens with one attached hydrogen (secondary N) is 2. The fourth-order valence-corrected chi connectivity index (χ4v) is 3.61. The van der Waals surface area contributed by atoms with E-state index in [1.54, 1.807) is 7.11 Å². The maximum atomic E-state index is 12.3. The number of hydrogen-bond donors (Lipinski definition) is 2. The first kappa shape index (κ1) is 17.4. The van der Waals surface area contributed by atoms with Gasteiger partial charge in [-0.1, -0.05) is 29.5 Å². The Morgan fingerprint density at radius 3 is 2.78 bits per heavy atom. The number of carbonyl (C=O) groups is 1. The highest BCUT2D eigenvalue weighted by Crippen LogP contribution is 2.31. The highest BCUT2D eigenvalue weighted by atomic mass is 32.2. The van der Waals surface area contributed by atoms with E-state index in [1.807, 2.05) is 49.4 Å². The summed E-state index contributed by atoms with van der Waals surface area (Å²) in [5.74, 6) is 0.959. The zero-order chi connectivity index (χ0) is 18.8. The molecule has 1 amide bonds. The lowest BCUT2D eigenvalue weighted by molar-refractivity contribution is -0.113. The van der Waals surface area contributed by atoms with Gasteiger partial charge in [0.05, 0.1) is 18.4 Å². The van der Waals surface area contributed by atoms with E-state index in [0.717, 1.165) is 44.0 Å². The van der Waals surface area contributed by atoms with Gasteiger partial charge in [-0.3, -0.25) is 4.79 Å². The van der Waals surface area contributed by atoms with Crippen LogP contribution >= 0.6 is 11.8 Å². The van der Waals surface area contributed by atoms with Crippen molar-refractivity contribution in [2.24, 2.45) is 0 Å². The summed E-state index contributed by atoms with van der Waals surface area (Å²) in [7, 11) is 1.64. The normalized spacial score (nSPS) is 11.0. The minimum absolute atomic E-state index is 0.0756. The number of H-pyrrole nitrogens is 1. The van der Waals surface area contributed by atoms with Crippen LogP contribution in [0.3, 0.4) is 0 Å². The molecule has 2 heterocycles. The molecule has 0 aliphatic heterocycles. The van der Waals surface area contributed by atoms with Gasteiger partial charge in [-0.05, 0) is 37.3 Å². The Balaban J connectivity index is 1.55. The number of fused-ring (bicyclic) bond motifs is 3. The molecule has 0 bridgehead atoms. The number of anilines is 1. The fourth-order valence-electron chi connectivity index (χ4n) is 2.85. The van der Waals surface area contributed by atoms with Crippen LogP contribution in [-0.4, -0.2) is 33.7 Å². The van der Waals surface area contributed by atoms with Crippen LogP contribution in [0.2, 0.25) is 0 Å². The molecule has 27 heavy (non-hydrogen) atoms. The zero-order valence-corrected chi connectivity index (χ0v) is 15.8. The number of aryl methyl sites for hydroxylation is 1. The minimum Gasteiger partial charge on any atom is -0.497 e. The monoisotopic (exact) mass is 378 g/mol. The molecule has 7 heteroatoms. The molecule has 0 aliphatic carbocycles. The summed E-state index contributed by atoms with van der Waals surface area (Å²) in [5.41, 5.74) is 4.55. The third-order valence-corrected chi connectivity index (χ3v) is 5.22. The molecule has 4 rings (SSSR count). The number of thioether (sulfide) groups is 1. The van der Waals surface area contributed by atoms with Crippen LogP contribution in [0.15, 0.2) is 53.8 Å². The van der Waals surface area contributed by atoms with E-state index >= 15 is 0 Å². The Morgan fingerprint density at radius 1 is 1.19 bits per heavy atom. The maximum Gasteiger partial charge on any atom is 0.234 e. The lowest BCUT2D eigenvalue weighted by Crippen LogP contribution is -2.14.